The topological polar surface area (TPSA) is 76.1 Å². The normalized spacial score (nSPS) is 15.6. The van der Waals surface area contributed by atoms with Crippen molar-refractivity contribution >= 4 is 46.3 Å². The van der Waals surface area contributed by atoms with Gasteiger partial charge in [-0.3, -0.25) is 14.5 Å². The highest BCUT2D eigenvalue weighted by atomic mass is 32.2. The molecule has 2 rings (SSSR count). The Hall–Kier alpha value is -2.20. The number of hydrogen-bond donors (Lipinski definition) is 1. The number of unbranched alkanes of at least 4 members (excludes halogenated alkanes) is 2. The number of alkyl halides is 2. The van der Waals surface area contributed by atoms with Crippen LogP contribution in [-0.2, 0) is 9.59 Å². The zero-order valence-electron chi connectivity index (χ0n) is 15.0. The molecule has 1 saturated heterocycles. The highest BCUT2D eigenvalue weighted by Gasteiger charge is 2.31. The smallest absolute Gasteiger partial charge is 0.387 e. The molecular formula is C18H19F2NO5S2. The summed E-state index contributed by atoms with van der Waals surface area (Å²) >= 11 is 6.37. The molecule has 1 aliphatic heterocycles. The molecule has 0 saturated carbocycles. The highest BCUT2D eigenvalue weighted by Crippen LogP contribution is 2.35. The number of carboxylic acids is 1. The van der Waals surface area contributed by atoms with Crippen molar-refractivity contribution in [3.8, 4) is 11.5 Å². The zero-order valence-corrected chi connectivity index (χ0v) is 16.7. The molecule has 1 aromatic carbocycles. The van der Waals surface area contributed by atoms with Crippen molar-refractivity contribution in [3.63, 3.8) is 0 Å². The Morgan fingerprint density at radius 2 is 2.07 bits per heavy atom. The van der Waals surface area contributed by atoms with Gasteiger partial charge < -0.3 is 14.6 Å². The average Bonchev–Trinajstić information content (AvgIpc) is 2.88. The van der Waals surface area contributed by atoms with E-state index in [4.69, 9.17) is 22.1 Å². The number of aliphatic carboxylic acids is 1. The minimum absolute atomic E-state index is 0.0960. The third-order valence-electron chi connectivity index (χ3n) is 3.85. The van der Waals surface area contributed by atoms with Crippen LogP contribution in [0.1, 0.15) is 31.2 Å². The van der Waals surface area contributed by atoms with E-state index in [-0.39, 0.29) is 23.8 Å². The van der Waals surface area contributed by atoms with Gasteiger partial charge in [-0.25, -0.2) is 0 Å². The number of benzene rings is 1. The van der Waals surface area contributed by atoms with Gasteiger partial charge in [-0.2, -0.15) is 8.78 Å². The number of amides is 1. The van der Waals surface area contributed by atoms with Gasteiger partial charge in [-0.05, 0) is 36.6 Å². The van der Waals surface area contributed by atoms with E-state index in [0.717, 1.165) is 11.8 Å². The van der Waals surface area contributed by atoms with Gasteiger partial charge in [0.2, 0.25) is 0 Å². The van der Waals surface area contributed by atoms with E-state index >= 15 is 0 Å². The van der Waals surface area contributed by atoms with Crippen molar-refractivity contribution < 1.29 is 33.0 Å². The Morgan fingerprint density at radius 3 is 2.71 bits per heavy atom. The maximum Gasteiger partial charge on any atom is 0.387 e. The Balaban J connectivity index is 2.05. The Morgan fingerprint density at radius 1 is 1.32 bits per heavy atom. The molecule has 0 aliphatic carbocycles. The number of nitrogens with zero attached hydrogens (tertiary/aromatic N) is 1. The van der Waals surface area contributed by atoms with Gasteiger partial charge in [0, 0.05) is 13.0 Å². The first kappa shape index (κ1) is 22.1. The second-order valence-corrected chi connectivity index (χ2v) is 7.50. The molecule has 10 heteroatoms. The fraction of sp³-hybridized carbons (Fsp3) is 0.389. The van der Waals surface area contributed by atoms with E-state index in [0.29, 0.717) is 40.6 Å². The third kappa shape index (κ3) is 6.16. The largest absolute Gasteiger partial charge is 0.493 e. The summed E-state index contributed by atoms with van der Waals surface area (Å²) in [5.41, 5.74) is 0.499. The fourth-order valence-electron chi connectivity index (χ4n) is 2.54. The lowest BCUT2D eigenvalue weighted by Gasteiger charge is -2.13. The predicted octanol–water partition coefficient (Wildman–Crippen LogP) is 4.14. The van der Waals surface area contributed by atoms with Crippen LogP contribution in [0, 0.1) is 0 Å². The van der Waals surface area contributed by atoms with E-state index in [1.54, 1.807) is 12.1 Å². The molecule has 0 spiro atoms. The van der Waals surface area contributed by atoms with Crippen LogP contribution < -0.4 is 9.47 Å². The molecule has 28 heavy (non-hydrogen) atoms. The molecule has 0 unspecified atom stereocenters. The fourth-order valence-corrected chi connectivity index (χ4v) is 3.85. The lowest BCUT2D eigenvalue weighted by atomic mass is 10.1. The van der Waals surface area contributed by atoms with Crippen molar-refractivity contribution in [2.75, 3.05) is 13.7 Å². The van der Waals surface area contributed by atoms with Crippen molar-refractivity contribution in [1.82, 2.24) is 4.90 Å². The molecular weight excluding hydrogens is 412 g/mol. The number of thioether (sulfide) groups is 1. The number of carbonyl (C=O) groups excluding carboxylic acids is 1. The molecule has 0 radical (unpaired) electrons. The van der Waals surface area contributed by atoms with Gasteiger partial charge in [0.1, 0.15) is 4.32 Å². The molecule has 1 N–H and O–H groups in total. The second-order valence-electron chi connectivity index (χ2n) is 5.83. The highest BCUT2D eigenvalue weighted by molar-refractivity contribution is 8.26. The van der Waals surface area contributed by atoms with E-state index < -0.39 is 12.6 Å². The van der Waals surface area contributed by atoms with Crippen LogP contribution in [0.15, 0.2) is 23.1 Å². The summed E-state index contributed by atoms with van der Waals surface area (Å²) in [6, 6.07) is 4.46. The number of carbonyl (C=O) groups is 2. The summed E-state index contributed by atoms with van der Waals surface area (Å²) in [7, 11) is 1.34. The van der Waals surface area contributed by atoms with Gasteiger partial charge in [-0.15, -0.1) is 0 Å². The quantitative estimate of drug-likeness (QED) is 0.339. The van der Waals surface area contributed by atoms with Crippen LogP contribution in [-0.4, -0.2) is 46.5 Å². The van der Waals surface area contributed by atoms with Crippen LogP contribution in [0.5, 0.6) is 11.5 Å². The molecule has 0 aromatic heterocycles. The van der Waals surface area contributed by atoms with Crippen LogP contribution in [0.3, 0.4) is 0 Å². The van der Waals surface area contributed by atoms with Gasteiger partial charge in [0.15, 0.2) is 11.5 Å². The molecule has 1 heterocycles. The maximum atomic E-state index is 12.6. The molecule has 1 aromatic rings. The number of hydrogen-bond acceptors (Lipinski definition) is 6. The number of rotatable bonds is 10. The molecule has 1 amide bonds. The number of ether oxygens (including phenoxy) is 2. The molecule has 0 atom stereocenters. The number of methoxy groups -OCH3 is 1. The van der Waals surface area contributed by atoms with E-state index in [9.17, 15) is 18.4 Å². The van der Waals surface area contributed by atoms with Gasteiger partial charge in [0.05, 0.1) is 12.0 Å². The molecule has 152 valence electrons. The van der Waals surface area contributed by atoms with Crippen LogP contribution >= 0.6 is 24.0 Å². The van der Waals surface area contributed by atoms with E-state index in [2.05, 4.69) is 4.74 Å². The van der Waals surface area contributed by atoms with Crippen molar-refractivity contribution in [2.24, 2.45) is 0 Å². The summed E-state index contributed by atoms with van der Waals surface area (Å²) < 4.78 is 34.9. The Kier molecular flexibility index (Phi) is 8.18. The predicted molar refractivity (Wildman–Crippen MR) is 106 cm³/mol. The summed E-state index contributed by atoms with van der Waals surface area (Å²) in [6.45, 7) is -2.59. The van der Waals surface area contributed by atoms with E-state index in [1.807, 2.05) is 0 Å². The maximum absolute atomic E-state index is 12.6. The van der Waals surface area contributed by atoms with Crippen molar-refractivity contribution in [3.05, 3.63) is 28.7 Å². The molecule has 6 nitrogen and oxygen atoms in total. The zero-order chi connectivity index (χ0) is 20.7. The molecule has 1 aliphatic rings. The third-order valence-corrected chi connectivity index (χ3v) is 5.23. The standard InChI is InChI=1S/C18H19F2NO5S2/c1-25-12-7-6-11(9-13(12)26-17(19)20)10-14-16(24)21(18(27)28-14)8-4-2-3-5-15(22)23/h6-7,9-10,17H,2-5,8H2,1H3,(H,22,23)/b14-10-. The summed E-state index contributed by atoms with van der Waals surface area (Å²) in [5.74, 6) is -1.07. The first-order valence-corrected chi connectivity index (χ1v) is 9.64. The SMILES string of the molecule is COc1ccc(/C=C2\SC(=S)N(CCCCCC(=O)O)C2=O)cc1OC(F)F. The minimum Gasteiger partial charge on any atom is -0.493 e. The van der Waals surface area contributed by atoms with Crippen LogP contribution in [0.2, 0.25) is 0 Å². The summed E-state index contributed by atoms with van der Waals surface area (Å²) in [6.07, 6.45) is 3.51. The second kappa shape index (κ2) is 10.4. The number of carboxylic acid groups (broad SMARTS) is 1. The Labute approximate surface area is 170 Å². The van der Waals surface area contributed by atoms with E-state index in [1.165, 1.54) is 24.1 Å². The average molecular weight is 431 g/mol. The first-order chi connectivity index (χ1) is 13.3. The first-order valence-electron chi connectivity index (χ1n) is 8.42. The lowest BCUT2D eigenvalue weighted by Crippen LogP contribution is -2.29. The van der Waals surface area contributed by atoms with Crippen molar-refractivity contribution in [2.45, 2.75) is 32.3 Å². The van der Waals surface area contributed by atoms with Gasteiger partial charge in [0.25, 0.3) is 5.91 Å². The molecule has 1 fully saturated rings. The van der Waals surface area contributed by atoms with Crippen LogP contribution in [0.4, 0.5) is 8.78 Å². The van der Waals surface area contributed by atoms with Gasteiger partial charge >= 0.3 is 12.6 Å². The summed E-state index contributed by atoms with van der Waals surface area (Å²) in [4.78, 5) is 24.9. The summed E-state index contributed by atoms with van der Waals surface area (Å²) in [5, 5.41) is 8.63. The lowest BCUT2D eigenvalue weighted by molar-refractivity contribution is -0.137. The molecule has 0 bridgehead atoms. The van der Waals surface area contributed by atoms with Crippen LogP contribution in [0.25, 0.3) is 6.08 Å². The monoisotopic (exact) mass is 431 g/mol. The van der Waals surface area contributed by atoms with Gasteiger partial charge in [-0.1, -0.05) is 36.5 Å². The Bertz CT molecular complexity index is 785. The number of halogens is 2. The minimum atomic E-state index is -3.00. The van der Waals surface area contributed by atoms with Crippen molar-refractivity contribution in [1.29, 1.82) is 0 Å². The number of thiocarbonyl (C=S) groups is 1.